The first kappa shape index (κ1) is 9.77. The highest BCUT2D eigenvalue weighted by Crippen LogP contribution is 2.25. The van der Waals surface area contributed by atoms with Gasteiger partial charge in [0, 0.05) is 29.7 Å². The first-order valence-corrected chi connectivity index (χ1v) is 4.77. The van der Waals surface area contributed by atoms with Gasteiger partial charge in [-0.25, -0.2) is 0 Å². The molecule has 0 saturated carbocycles. The SMILES string of the molecule is COc1ccc2c(c1)c(C(C)=O)cn2C. The molecule has 3 heteroatoms. The number of nitrogens with zero attached hydrogens (tertiary/aromatic N) is 1. The van der Waals surface area contributed by atoms with Crippen molar-refractivity contribution in [3.8, 4) is 5.75 Å². The first-order chi connectivity index (χ1) is 7.13. The van der Waals surface area contributed by atoms with Gasteiger partial charge in [0.1, 0.15) is 5.75 Å². The van der Waals surface area contributed by atoms with Crippen LogP contribution in [0.15, 0.2) is 24.4 Å². The monoisotopic (exact) mass is 203 g/mol. The number of ether oxygens (including phenoxy) is 1. The van der Waals surface area contributed by atoms with Gasteiger partial charge < -0.3 is 9.30 Å². The van der Waals surface area contributed by atoms with Crippen LogP contribution in [-0.4, -0.2) is 17.5 Å². The minimum absolute atomic E-state index is 0.0776. The van der Waals surface area contributed by atoms with E-state index in [0.717, 1.165) is 22.2 Å². The molecule has 1 aromatic carbocycles. The fraction of sp³-hybridized carbons (Fsp3) is 0.250. The molecule has 0 unspecified atom stereocenters. The molecule has 0 N–H and O–H groups in total. The van der Waals surface area contributed by atoms with Crippen LogP contribution < -0.4 is 4.74 Å². The van der Waals surface area contributed by atoms with E-state index in [4.69, 9.17) is 4.74 Å². The highest BCUT2D eigenvalue weighted by atomic mass is 16.5. The maximum Gasteiger partial charge on any atom is 0.161 e. The van der Waals surface area contributed by atoms with Crippen LogP contribution in [0.5, 0.6) is 5.75 Å². The number of carbonyl (C=O) groups is 1. The van der Waals surface area contributed by atoms with Crippen molar-refractivity contribution in [2.45, 2.75) is 6.92 Å². The zero-order valence-electron chi connectivity index (χ0n) is 9.07. The summed E-state index contributed by atoms with van der Waals surface area (Å²) in [6.45, 7) is 1.58. The molecule has 0 saturated heterocycles. The van der Waals surface area contributed by atoms with Crippen LogP contribution in [0.2, 0.25) is 0 Å². The van der Waals surface area contributed by atoms with Gasteiger partial charge in [-0.1, -0.05) is 0 Å². The third-order valence-electron chi connectivity index (χ3n) is 2.58. The molecule has 78 valence electrons. The number of carbonyl (C=O) groups excluding carboxylic acids is 1. The van der Waals surface area contributed by atoms with Crippen LogP contribution in [-0.2, 0) is 7.05 Å². The minimum atomic E-state index is 0.0776. The molecule has 0 bridgehead atoms. The van der Waals surface area contributed by atoms with Crippen LogP contribution in [0.25, 0.3) is 10.9 Å². The Kier molecular flexibility index (Phi) is 2.23. The Morgan fingerprint density at radius 1 is 1.40 bits per heavy atom. The average Bonchev–Trinajstić information content (AvgIpc) is 2.56. The molecule has 0 fully saturated rings. The van der Waals surface area contributed by atoms with Gasteiger partial charge in [0.05, 0.1) is 7.11 Å². The fourth-order valence-corrected chi connectivity index (χ4v) is 1.78. The largest absolute Gasteiger partial charge is 0.497 e. The highest BCUT2D eigenvalue weighted by Gasteiger charge is 2.10. The molecule has 3 nitrogen and oxygen atoms in total. The Morgan fingerprint density at radius 3 is 2.73 bits per heavy atom. The normalized spacial score (nSPS) is 10.6. The molecular weight excluding hydrogens is 190 g/mol. The fourth-order valence-electron chi connectivity index (χ4n) is 1.78. The number of rotatable bonds is 2. The van der Waals surface area contributed by atoms with Crippen molar-refractivity contribution in [2.24, 2.45) is 7.05 Å². The number of ketones is 1. The van der Waals surface area contributed by atoms with Crippen molar-refractivity contribution in [3.63, 3.8) is 0 Å². The number of hydrogen-bond acceptors (Lipinski definition) is 2. The smallest absolute Gasteiger partial charge is 0.161 e. The molecule has 0 aliphatic rings. The third-order valence-corrected chi connectivity index (χ3v) is 2.58. The summed E-state index contributed by atoms with van der Waals surface area (Å²) in [4.78, 5) is 11.4. The quantitative estimate of drug-likeness (QED) is 0.702. The molecule has 0 aliphatic carbocycles. The molecule has 2 aromatic rings. The van der Waals surface area contributed by atoms with E-state index in [1.165, 1.54) is 0 Å². The van der Waals surface area contributed by atoms with Gasteiger partial charge in [-0.2, -0.15) is 0 Å². The van der Waals surface area contributed by atoms with Crippen molar-refractivity contribution in [1.82, 2.24) is 4.57 Å². The van der Waals surface area contributed by atoms with E-state index in [2.05, 4.69) is 0 Å². The van der Waals surface area contributed by atoms with Gasteiger partial charge in [-0.3, -0.25) is 4.79 Å². The van der Waals surface area contributed by atoms with Gasteiger partial charge in [-0.15, -0.1) is 0 Å². The first-order valence-electron chi connectivity index (χ1n) is 4.77. The topological polar surface area (TPSA) is 31.2 Å². The average molecular weight is 203 g/mol. The lowest BCUT2D eigenvalue weighted by atomic mass is 10.1. The van der Waals surface area contributed by atoms with E-state index in [1.807, 2.05) is 36.0 Å². The van der Waals surface area contributed by atoms with Crippen molar-refractivity contribution in [3.05, 3.63) is 30.0 Å². The second-order valence-electron chi connectivity index (χ2n) is 3.59. The van der Waals surface area contributed by atoms with E-state index in [9.17, 15) is 4.79 Å². The Hall–Kier alpha value is -1.77. The summed E-state index contributed by atoms with van der Waals surface area (Å²) in [7, 11) is 3.55. The Morgan fingerprint density at radius 2 is 2.13 bits per heavy atom. The van der Waals surface area contributed by atoms with Crippen molar-refractivity contribution < 1.29 is 9.53 Å². The number of aryl methyl sites for hydroxylation is 1. The maximum atomic E-state index is 11.4. The molecule has 1 aromatic heterocycles. The van der Waals surface area contributed by atoms with Gasteiger partial charge >= 0.3 is 0 Å². The third kappa shape index (κ3) is 1.50. The molecular formula is C12H13NO2. The lowest BCUT2D eigenvalue weighted by Crippen LogP contribution is -1.89. The van der Waals surface area contributed by atoms with E-state index >= 15 is 0 Å². The molecule has 1 heterocycles. The lowest BCUT2D eigenvalue weighted by molar-refractivity contribution is 0.101. The van der Waals surface area contributed by atoms with Gasteiger partial charge in [0.25, 0.3) is 0 Å². The zero-order valence-corrected chi connectivity index (χ0v) is 9.07. The van der Waals surface area contributed by atoms with Gasteiger partial charge in [0.2, 0.25) is 0 Å². The second-order valence-corrected chi connectivity index (χ2v) is 3.59. The maximum absolute atomic E-state index is 11.4. The van der Waals surface area contributed by atoms with E-state index in [0.29, 0.717) is 0 Å². The zero-order chi connectivity index (χ0) is 11.0. The predicted octanol–water partition coefficient (Wildman–Crippen LogP) is 2.39. The predicted molar refractivity (Wildman–Crippen MR) is 59.5 cm³/mol. The Balaban J connectivity index is 2.77. The van der Waals surface area contributed by atoms with Crippen LogP contribution in [0.4, 0.5) is 0 Å². The number of benzene rings is 1. The number of fused-ring (bicyclic) bond motifs is 1. The number of methoxy groups -OCH3 is 1. The number of hydrogen-bond donors (Lipinski definition) is 0. The second kappa shape index (κ2) is 3.42. The summed E-state index contributed by atoms with van der Waals surface area (Å²) in [5, 5.41) is 0.948. The summed E-state index contributed by atoms with van der Waals surface area (Å²) in [6, 6.07) is 5.75. The lowest BCUT2D eigenvalue weighted by Gasteiger charge is -2.00. The molecule has 0 spiro atoms. The molecule has 15 heavy (non-hydrogen) atoms. The van der Waals surface area contributed by atoms with Crippen molar-refractivity contribution >= 4 is 16.7 Å². The van der Waals surface area contributed by atoms with Crippen molar-refractivity contribution in [1.29, 1.82) is 0 Å². The van der Waals surface area contributed by atoms with E-state index in [1.54, 1.807) is 14.0 Å². The molecule has 0 amide bonds. The summed E-state index contributed by atoms with van der Waals surface area (Å²) in [5.41, 5.74) is 1.78. The van der Waals surface area contributed by atoms with Crippen LogP contribution >= 0.6 is 0 Å². The molecule has 0 aliphatic heterocycles. The minimum Gasteiger partial charge on any atom is -0.497 e. The summed E-state index contributed by atoms with van der Waals surface area (Å²) >= 11 is 0. The van der Waals surface area contributed by atoms with Crippen LogP contribution in [0.1, 0.15) is 17.3 Å². The molecule has 2 rings (SSSR count). The molecule has 0 atom stereocenters. The molecule has 0 radical (unpaired) electrons. The Bertz CT molecular complexity index is 526. The van der Waals surface area contributed by atoms with Gasteiger partial charge in [-0.05, 0) is 25.1 Å². The van der Waals surface area contributed by atoms with Crippen LogP contribution in [0.3, 0.4) is 0 Å². The van der Waals surface area contributed by atoms with Crippen molar-refractivity contribution in [2.75, 3.05) is 7.11 Å². The van der Waals surface area contributed by atoms with E-state index < -0.39 is 0 Å². The summed E-state index contributed by atoms with van der Waals surface area (Å²) < 4.78 is 7.10. The standard InChI is InChI=1S/C12H13NO2/c1-8(14)11-7-13(2)12-5-4-9(15-3)6-10(11)12/h4-7H,1-3H3. The summed E-state index contributed by atoms with van der Waals surface area (Å²) in [5.74, 6) is 0.852. The van der Waals surface area contributed by atoms with Gasteiger partial charge in [0.15, 0.2) is 5.78 Å². The Labute approximate surface area is 88.3 Å². The van der Waals surface area contributed by atoms with E-state index in [-0.39, 0.29) is 5.78 Å². The number of Topliss-reactive ketones (excluding diaryl/α,β-unsaturated/α-hetero) is 1. The number of aromatic nitrogens is 1. The summed E-state index contributed by atoms with van der Waals surface area (Å²) in [6.07, 6.45) is 1.85. The highest BCUT2D eigenvalue weighted by molar-refractivity contribution is 6.07. The van der Waals surface area contributed by atoms with Crippen LogP contribution in [0, 0.1) is 0 Å².